The summed E-state index contributed by atoms with van der Waals surface area (Å²) in [6.07, 6.45) is 5.15. The molecule has 0 bridgehead atoms. The van der Waals surface area contributed by atoms with E-state index in [1.54, 1.807) is 6.92 Å². The summed E-state index contributed by atoms with van der Waals surface area (Å²) in [5, 5.41) is 0. The largest absolute Gasteiger partial charge is 0.340 e. The fourth-order valence-corrected chi connectivity index (χ4v) is 3.50. The average Bonchev–Trinajstić information content (AvgIpc) is 2.35. The molecule has 4 heteroatoms. The zero-order valence-electron chi connectivity index (χ0n) is 13.4. The normalized spacial score (nSPS) is 23.9. The fraction of sp³-hybridized carbons (Fsp3) is 0.938. The van der Waals surface area contributed by atoms with Crippen LogP contribution in [0, 0.1) is 11.3 Å². The minimum absolute atomic E-state index is 0.120. The van der Waals surface area contributed by atoms with Crippen LogP contribution in [-0.2, 0) is 4.79 Å². The van der Waals surface area contributed by atoms with Crippen molar-refractivity contribution in [3.05, 3.63) is 0 Å². The van der Waals surface area contributed by atoms with Gasteiger partial charge in [0.05, 0.1) is 6.04 Å². The number of nitrogens with two attached hydrogens (primary N) is 1. The molecule has 2 aliphatic rings. The standard InChI is InChI=1S/C16H31N3O/c1-13(2)5-4-8-18-9-6-16(7-10-18)11-19(12-16)15(20)14(3)17/h13-14H,4-12,17H2,1-3H3. The van der Waals surface area contributed by atoms with E-state index in [1.807, 2.05) is 4.90 Å². The van der Waals surface area contributed by atoms with Gasteiger partial charge < -0.3 is 15.5 Å². The molecule has 2 N–H and O–H groups in total. The second-order valence-corrected chi connectivity index (χ2v) is 7.36. The molecule has 2 rings (SSSR count). The molecule has 1 unspecified atom stereocenters. The molecule has 0 radical (unpaired) electrons. The summed E-state index contributed by atoms with van der Waals surface area (Å²) >= 11 is 0. The van der Waals surface area contributed by atoms with E-state index in [-0.39, 0.29) is 11.9 Å². The molecule has 2 aliphatic heterocycles. The summed E-state index contributed by atoms with van der Waals surface area (Å²) in [6.45, 7) is 11.9. The number of piperidine rings is 1. The highest BCUT2D eigenvalue weighted by molar-refractivity contribution is 5.82. The van der Waals surface area contributed by atoms with Gasteiger partial charge in [-0.15, -0.1) is 0 Å². The van der Waals surface area contributed by atoms with Crippen molar-refractivity contribution in [1.82, 2.24) is 9.80 Å². The Kier molecular flexibility index (Phi) is 5.08. The summed E-state index contributed by atoms with van der Waals surface area (Å²) < 4.78 is 0. The first kappa shape index (κ1) is 15.8. The van der Waals surface area contributed by atoms with Gasteiger partial charge in [-0.25, -0.2) is 0 Å². The van der Waals surface area contributed by atoms with E-state index in [9.17, 15) is 4.79 Å². The molecule has 0 aromatic heterocycles. The van der Waals surface area contributed by atoms with E-state index in [0.29, 0.717) is 5.41 Å². The van der Waals surface area contributed by atoms with E-state index in [2.05, 4.69) is 18.7 Å². The van der Waals surface area contributed by atoms with Crippen molar-refractivity contribution >= 4 is 5.91 Å². The first-order chi connectivity index (χ1) is 9.42. The Balaban J connectivity index is 1.67. The molecule has 2 fully saturated rings. The molecule has 2 saturated heterocycles. The SMILES string of the molecule is CC(C)CCCN1CCC2(CC1)CN(C(=O)C(C)N)C2. The van der Waals surface area contributed by atoms with Crippen LogP contribution in [0.2, 0.25) is 0 Å². The van der Waals surface area contributed by atoms with E-state index in [1.165, 1.54) is 45.3 Å². The summed E-state index contributed by atoms with van der Waals surface area (Å²) in [5.41, 5.74) is 6.08. The zero-order chi connectivity index (χ0) is 14.8. The molecule has 0 aliphatic carbocycles. The topological polar surface area (TPSA) is 49.6 Å². The molecule has 1 spiro atoms. The highest BCUT2D eigenvalue weighted by atomic mass is 16.2. The Labute approximate surface area is 123 Å². The van der Waals surface area contributed by atoms with Crippen molar-refractivity contribution in [3.8, 4) is 0 Å². The van der Waals surface area contributed by atoms with Crippen LogP contribution in [0.4, 0.5) is 0 Å². The van der Waals surface area contributed by atoms with Gasteiger partial charge in [0.2, 0.25) is 5.91 Å². The van der Waals surface area contributed by atoms with Crippen LogP contribution in [0.25, 0.3) is 0 Å². The number of rotatable bonds is 5. The minimum Gasteiger partial charge on any atom is -0.340 e. The molecular weight excluding hydrogens is 250 g/mol. The third kappa shape index (κ3) is 3.73. The lowest BCUT2D eigenvalue weighted by atomic mass is 9.71. The summed E-state index contributed by atoms with van der Waals surface area (Å²) in [6, 6.07) is -0.344. The number of likely N-dealkylation sites (tertiary alicyclic amines) is 2. The van der Waals surface area contributed by atoms with Gasteiger partial charge in [-0.3, -0.25) is 4.79 Å². The smallest absolute Gasteiger partial charge is 0.239 e. The molecule has 0 aromatic carbocycles. The second-order valence-electron chi connectivity index (χ2n) is 7.36. The van der Waals surface area contributed by atoms with E-state index < -0.39 is 0 Å². The maximum Gasteiger partial charge on any atom is 0.239 e. The van der Waals surface area contributed by atoms with Crippen molar-refractivity contribution in [1.29, 1.82) is 0 Å². The number of carbonyl (C=O) groups is 1. The number of carbonyl (C=O) groups excluding carboxylic acids is 1. The lowest BCUT2D eigenvalue weighted by molar-refractivity contribution is -0.147. The van der Waals surface area contributed by atoms with Gasteiger partial charge in [-0.1, -0.05) is 13.8 Å². The van der Waals surface area contributed by atoms with Crippen molar-refractivity contribution in [3.63, 3.8) is 0 Å². The Morgan fingerprint density at radius 3 is 2.30 bits per heavy atom. The summed E-state index contributed by atoms with van der Waals surface area (Å²) in [4.78, 5) is 16.4. The van der Waals surface area contributed by atoms with Gasteiger partial charge in [0.15, 0.2) is 0 Å². The number of hydrogen-bond donors (Lipinski definition) is 1. The highest BCUT2D eigenvalue weighted by Crippen LogP contribution is 2.40. The molecule has 4 nitrogen and oxygen atoms in total. The Morgan fingerprint density at radius 1 is 1.20 bits per heavy atom. The molecule has 1 amide bonds. The molecule has 20 heavy (non-hydrogen) atoms. The molecule has 0 saturated carbocycles. The van der Waals surface area contributed by atoms with Crippen LogP contribution >= 0.6 is 0 Å². The van der Waals surface area contributed by atoms with Gasteiger partial charge in [0.25, 0.3) is 0 Å². The monoisotopic (exact) mass is 281 g/mol. The third-order valence-corrected chi connectivity index (χ3v) is 4.93. The van der Waals surface area contributed by atoms with Crippen LogP contribution < -0.4 is 5.73 Å². The lowest BCUT2D eigenvalue weighted by Crippen LogP contribution is -2.63. The van der Waals surface area contributed by atoms with Crippen LogP contribution in [0.1, 0.15) is 46.5 Å². The number of amides is 1. The summed E-state index contributed by atoms with van der Waals surface area (Å²) in [5.74, 6) is 0.936. The van der Waals surface area contributed by atoms with Crippen LogP contribution in [-0.4, -0.2) is 54.5 Å². The zero-order valence-corrected chi connectivity index (χ0v) is 13.4. The number of hydrogen-bond acceptors (Lipinski definition) is 3. The highest BCUT2D eigenvalue weighted by Gasteiger charge is 2.46. The van der Waals surface area contributed by atoms with Crippen molar-refractivity contribution in [2.24, 2.45) is 17.1 Å². The second kappa shape index (κ2) is 6.44. The van der Waals surface area contributed by atoms with Crippen molar-refractivity contribution in [2.75, 3.05) is 32.7 Å². The molecule has 2 heterocycles. The van der Waals surface area contributed by atoms with E-state index in [4.69, 9.17) is 5.73 Å². The molecule has 116 valence electrons. The van der Waals surface area contributed by atoms with Crippen molar-refractivity contribution in [2.45, 2.75) is 52.5 Å². The first-order valence-corrected chi connectivity index (χ1v) is 8.19. The van der Waals surface area contributed by atoms with Crippen LogP contribution in [0.15, 0.2) is 0 Å². The van der Waals surface area contributed by atoms with Crippen LogP contribution in [0.3, 0.4) is 0 Å². The summed E-state index contributed by atoms with van der Waals surface area (Å²) in [7, 11) is 0. The molecule has 0 aromatic rings. The third-order valence-electron chi connectivity index (χ3n) is 4.93. The fourth-order valence-electron chi connectivity index (χ4n) is 3.50. The molecule has 1 atom stereocenters. The van der Waals surface area contributed by atoms with E-state index in [0.717, 1.165) is 19.0 Å². The lowest BCUT2D eigenvalue weighted by Gasteiger charge is -2.54. The predicted octanol–water partition coefficient (Wildman–Crippen LogP) is 1.69. The first-order valence-electron chi connectivity index (χ1n) is 8.19. The van der Waals surface area contributed by atoms with Gasteiger partial charge in [-0.05, 0) is 58.2 Å². The quantitative estimate of drug-likeness (QED) is 0.834. The Morgan fingerprint density at radius 2 is 1.80 bits per heavy atom. The molecular formula is C16H31N3O. The average molecular weight is 281 g/mol. The maximum atomic E-state index is 11.8. The van der Waals surface area contributed by atoms with Gasteiger partial charge in [0.1, 0.15) is 0 Å². The van der Waals surface area contributed by atoms with Gasteiger partial charge >= 0.3 is 0 Å². The van der Waals surface area contributed by atoms with Crippen molar-refractivity contribution < 1.29 is 4.79 Å². The maximum absolute atomic E-state index is 11.8. The van der Waals surface area contributed by atoms with Crippen LogP contribution in [0.5, 0.6) is 0 Å². The predicted molar refractivity (Wildman–Crippen MR) is 82.4 cm³/mol. The van der Waals surface area contributed by atoms with Gasteiger partial charge in [0, 0.05) is 18.5 Å². The minimum atomic E-state index is -0.344. The Hall–Kier alpha value is -0.610. The van der Waals surface area contributed by atoms with Gasteiger partial charge in [-0.2, -0.15) is 0 Å². The Bertz CT molecular complexity index is 325. The van der Waals surface area contributed by atoms with E-state index >= 15 is 0 Å². The number of nitrogens with zero attached hydrogens (tertiary/aromatic N) is 2.